The molecule has 37 heavy (non-hydrogen) atoms. The number of rotatable bonds is 7. The number of hydrogen-bond donors (Lipinski definition) is 0. The molecule has 1 unspecified atom stereocenters. The first kappa shape index (κ1) is 24.6. The molecule has 3 aromatic carbocycles. The summed E-state index contributed by atoms with van der Waals surface area (Å²) in [6.07, 6.45) is 0. The summed E-state index contributed by atoms with van der Waals surface area (Å²) in [4.78, 5) is 29.3. The van der Waals surface area contributed by atoms with Crippen LogP contribution in [0, 0.1) is 19.7 Å². The van der Waals surface area contributed by atoms with Crippen molar-refractivity contribution in [2.45, 2.75) is 40.3 Å². The van der Waals surface area contributed by atoms with Gasteiger partial charge in [-0.1, -0.05) is 24.3 Å². The maximum Gasteiger partial charge on any atom is 0.291 e. The Morgan fingerprint density at radius 1 is 0.919 bits per heavy atom. The Balaban J connectivity index is 1.73. The highest BCUT2D eigenvalue weighted by atomic mass is 19.1. The molecule has 0 bridgehead atoms. The van der Waals surface area contributed by atoms with Crippen LogP contribution >= 0.6 is 0 Å². The highest BCUT2D eigenvalue weighted by molar-refractivity contribution is 5.99. The predicted octanol–water partition coefficient (Wildman–Crippen LogP) is 6.09. The number of aryl methyl sites for hydroxylation is 2. The van der Waals surface area contributed by atoms with Crippen molar-refractivity contribution in [2.24, 2.45) is 0 Å². The first-order valence-electron chi connectivity index (χ1n) is 12.3. The number of carbonyl (C=O) groups excluding carboxylic acids is 1. The molecule has 0 radical (unpaired) electrons. The lowest BCUT2D eigenvalue weighted by atomic mass is 9.96. The van der Waals surface area contributed by atoms with Gasteiger partial charge in [0, 0.05) is 6.54 Å². The van der Waals surface area contributed by atoms with E-state index in [4.69, 9.17) is 13.9 Å². The van der Waals surface area contributed by atoms with E-state index in [1.165, 1.54) is 12.1 Å². The smallest absolute Gasteiger partial charge is 0.291 e. The Morgan fingerprint density at radius 3 is 2.32 bits per heavy atom. The van der Waals surface area contributed by atoms with Gasteiger partial charge < -0.3 is 18.8 Å². The Bertz CT molecular complexity index is 1560. The number of hydrogen-bond acceptors (Lipinski definition) is 5. The summed E-state index contributed by atoms with van der Waals surface area (Å²) in [5.41, 5.74) is 3.59. The Kier molecular flexibility index (Phi) is 6.46. The van der Waals surface area contributed by atoms with Crippen molar-refractivity contribution in [3.63, 3.8) is 0 Å². The summed E-state index contributed by atoms with van der Waals surface area (Å²) in [5, 5.41) is 0.460. The van der Waals surface area contributed by atoms with Gasteiger partial charge in [0.1, 0.15) is 11.4 Å². The van der Waals surface area contributed by atoms with Crippen LogP contribution in [0.15, 0.2) is 63.8 Å². The Labute approximate surface area is 214 Å². The second-order valence-corrected chi connectivity index (χ2v) is 9.16. The minimum absolute atomic E-state index is 0.0291. The summed E-state index contributed by atoms with van der Waals surface area (Å²) >= 11 is 0. The molecule has 1 aliphatic rings. The minimum atomic E-state index is -0.719. The van der Waals surface area contributed by atoms with Gasteiger partial charge in [-0.2, -0.15) is 0 Å². The van der Waals surface area contributed by atoms with Crippen LogP contribution in [-0.4, -0.2) is 24.0 Å². The van der Waals surface area contributed by atoms with Crippen LogP contribution in [0.3, 0.4) is 0 Å². The number of halogens is 1. The van der Waals surface area contributed by atoms with Crippen LogP contribution in [0.2, 0.25) is 0 Å². The van der Waals surface area contributed by atoms with E-state index in [1.807, 2.05) is 45.9 Å². The zero-order valence-electron chi connectivity index (χ0n) is 21.3. The molecule has 1 aromatic heterocycles. The normalized spacial score (nSPS) is 14.8. The molecule has 1 amide bonds. The molecular formula is C30H28FNO5. The zero-order chi connectivity index (χ0) is 26.3. The molecule has 2 heterocycles. The lowest BCUT2D eigenvalue weighted by Crippen LogP contribution is -2.29. The Hall–Kier alpha value is -4.13. The molecule has 5 rings (SSSR count). The summed E-state index contributed by atoms with van der Waals surface area (Å²) in [6, 6.07) is 14.4. The number of nitrogens with zero attached hydrogens (tertiary/aromatic N) is 1. The van der Waals surface area contributed by atoms with Gasteiger partial charge in [0.05, 0.1) is 30.2 Å². The van der Waals surface area contributed by atoms with Crippen molar-refractivity contribution >= 4 is 16.9 Å². The van der Waals surface area contributed by atoms with E-state index >= 15 is 0 Å². The van der Waals surface area contributed by atoms with E-state index in [0.717, 1.165) is 16.7 Å². The number of carbonyl (C=O) groups is 1. The fourth-order valence-electron chi connectivity index (χ4n) is 5.05. The molecule has 0 N–H and O–H groups in total. The zero-order valence-corrected chi connectivity index (χ0v) is 21.3. The molecule has 190 valence electrons. The average Bonchev–Trinajstić information content (AvgIpc) is 3.13. The van der Waals surface area contributed by atoms with Crippen LogP contribution in [0.25, 0.3) is 11.0 Å². The largest absolute Gasteiger partial charge is 0.490 e. The number of benzene rings is 3. The molecule has 6 nitrogen and oxygen atoms in total. The van der Waals surface area contributed by atoms with Crippen LogP contribution in [0.5, 0.6) is 11.5 Å². The van der Waals surface area contributed by atoms with Crippen molar-refractivity contribution in [3.05, 3.63) is 104 Å². The third-order valence-corrected chi connectivity index (χ3v) is 6.56. The quantitative estimate of drug-likeness (QED) is 0.306. The van der Waals surface area contributed by atoms with E-state index in [1.54, 1.807) is 29.2 Å². The summed E-state index contributed by atoms with van der Waals surface area (Å²) in [6.45, 7) is 8.61. The number of amides is 1. The van der Waals surface area contributed by atoms with Crippen molar-refractivity contribution in [2.75, 3.05) is 13.2 Å². The molecule has 7 heteroatoms. The SMILES string of the molecule is CCOc1ccc(C2c3c(oc4cc(C)cc(C)c4c3=O)C(=O)N2Cc2ccc(F)cc2)cc1OCC. The fraction of sp³-hybridized carbons (Fsp3) is 0.267. The molecule has 4 aromatic rings. The summed E-state index contributed by atoms with van der Waals surface area (Å²) < 4.78 is 31.3. The monoisotopic (exact) mass is 501 g/mol. The van der Waals surface area contributed by atoms with Gasteiger partial charge >= 0.3 is 0 Å². The molecule has 0 aliphatic carbocycles. The van der Waals surface area contributed by atoms with Crippen LogP contribution in [-0.2, 0) is 6.54 Å². The van der Waals surface area contributed by atoms with Crippen LogP contribution in [0.4, 0.5) is 4.39 Å². The summed E-state index contributed by atoms with van der Waals surface area (Å²) in [7, 11) is 0. The summed E-state index contributed by atoms with van der Waals surface area (Å²) in [5.74, 6) is 0.384. The molecule has 0 fully saturated rings. The molecule has 1 aliphatic heterocycles. The first-order valence-corrected chi connectivity index (χ1v) is 12.3. The van der Waals surface area contributed by atoms with Gasteiger partial charge in [0.15, 0.2) is 16.9 Å². The van der Waals surface area contributed by atoms with Gasteiger partial charge in [0.25, 0.3) is 5.91 Å². The van der Waals surface area contributed by atoms with Gasteiger partial charge in [-0.25, -0.2) is 4.39 Å². The van der Waals surface area contributed by atoms with Crippen molar-refractivity contribution in [3.8, 4) is 11.5 Å². The average molecular weight is 502 g/mol. The third-order valence-electron chi connectivity index (χ3n) is 6.56. The van der Waals surface area contributed by atoms with Gasteiger partial charge in [-0.3, -0.25) is 9.59 Å². The molecule has 0 spiro atoms. The third kappa shape index (κ3) is 4.35. The van der Waals surface area contributed by atoms with Crippen LogP contribution in [0.1, 0.15) is 58.3 Å². The fourth-order valence-corrected chi connectivity index (χ4v) is 5.05. The Morgan fingerprint density at radius 2 is 1.62 bits per heavy atom. The lowest BCUT2D eigenvalue weighted by Gasteiger charge is -2.26. The molecular weight excluding hydrogens is 473 g/mol. The van der Waals surface area contributed by atoms with E-state index in [-0.39, 0.29) is 29.1 Å². The standard InChI is InChI=1S/C30H28FNO5/c1-5-35-22-12-9-20(15-23(22)36-6-2)27-26-28(33)25-18(4)13-17(3)14-24(25)37-29(26)30(34)32(27)16-19-7-10-21(31)11-8-19/h7-15,27H,5-6,16H2,1-4H3. The molecule has 0 saturated heterocycles. The van der Waals surface area contributed by atoms with E-state index in [2.05, 4.69) is 0 Å². The predicted molar refractivity (Wildman–Crippen MR) is 139 cm³/mol. The van der Waals surface area contributed by atoms with Crippen molar-refractivity contribution in [1.82, 2.24) is 4.90 Å². The topological polar surface area (TPSA) is 69.0 Å². The maximum atomic E-state index is 14.0. The van der Waals surface area contributed by atoms with Gasteiger partial charge in [0.2, 0.25) is 5.76 Å². The van der Waals surface area contributed by atoms with E-state index in [0.29, 0.717) is 41.2 Å². The number of ether oxygens (including phenoxy) is 2. The first-order chi connectivity index (χ1) is 17.8. The maximum absolute atomic E-state index is 14.0. The van der Waals surface area contributed by atoms with Gasteiger partial charge in [-0.05, 0) is 80.3 Å². The van der Waals surface area contributed by atoms with E-state index in [9.17, 15) is 14.0 Å². The number of fused-ring (bicyclic) bond motifs is 2. The minimum Gasteiger partial charge on any atom is -0.490 e. The van der Waals surface area contributed by atoms with E-state index < -0.39 is 11.9 Å². The highest BCUT2D eigenvalue weighted by Crippen LogP contribution is 2.42. The molecule has 0 saturated carbocycles. The van der Waals surface area contributed by atoms with Crippen molar-refractivity contribution in [1.29, 1.82) is 0 Å². The van der Waals surface area contributed by atoms with Crippen LogP contribution < -0.4 is 14.9 Å². The second kappa shape index (κ2) is 9.73. The molecule has 1 atom stereocenters. The van der Waals surface area contributed by atoms with Gasteiger partial charge in [-0.15, -0.1) is 0 Å². The second-order valence-electron chi connectivity index (χ2n) is 9.16. The lowest BCUT2D eigenvalue weighted by molar-refractivity contribution is 0.0714. The van der Waals surface area contributed by atoms with Crippen molar-refractivity contribution < 1.29 is 23.1 Å². The highest BCUT2D eigenvalue weighted by Gasteiger charge is 2.43.